The van der Waals surface area contributed by atoms with Crippen LogP contribution in [0.5, 0.6) is 0 Å². The van der Waals surface area contributed by atoms with E-state index in [1.54, 1.807) is 6.92 Å². The van der Waals surface area contributed by atoms with Gasteiger partial charge in [-0.25, -0.2) is 8.42 Å². The molecule has 0 bridgehead atoms. The van der Waals surface area contributed by atoms with Gasteiger partial charge in [0.1, 0.15) is 0 Å². The Morgan fingerprint density at radius 3 is 2.06 bits per heavy atom. The molecule has 0 radical (unpaired) electrons. The fourth-order valence-electron chi connectivity index (χ4n) is 1.74. The smallest absolute Gasteiger partial charge is 0.332 e. The Kier molecular flexibility index (Phi) is 4.60. The van der Waals surface area contributed by atoms with Gasteiger partial charge in [-0.2, -0.15) is 17.5 Å². The highest BCUT2D eigenvalue weighted by Gasteiger charge is 2.43. The molecule has 1 aliphatic rings. The highest BCUT2D eigenvalue weighted by atomic mass is 32.2. The van der Waals surface area contributed by atoms with Crippen molar-refractivity contribution in [1.29, 1.82) is 0 Å². The number of halogens is 3. The number of carbonyl (C=O) groups excluding carboxylic acids is 1. The second-order valence-corrected chi connectivity index (χ2v) is 6.09. The lowest BCUT2D eigenvalue weighted by atomic mass is 10.3. The van der Waals surface area contributed by atoms with Crippen LogP contribution in [-0.4, -0.2) is 61.6 Å². The predicted molar refractivity (Wildman–Crippen MR) is 58.3 cm³/mol. The van der Waals surface area contributed by atoms with E-state index in [0.717, 1.165) is 4.31 Å². The Morgan fingerprint density at radius 2 is 1.67 bits per heavy atom. The zero-order chi connectivity index (χ0) is 14.0. The van der Waals surface area contributed by atoms with Gasteiger partial charge in [-0.15, -0.1) is 0 Å². The van der Waals surface area contributed by atoms with E-state index >= 15 is 0 Å². The second kappa shape index (κ2) is 5.43. The maximum Gasteiger partial charge on any atom is 0.471 e. The topological polar surface area (TPSA) is 57.7 Å². The molecular weight excluding hydrogens is 273 g/mol. The molecule has 0 aliphatic carbocycles. The number of hydrogen-bond acceptors (Lipinski definition) is 3. The third-order valence-electron chi connectivity index (χ3n) is 2.62. The second-order valence-electron chi connectivity index (χ2n) is 4.01. The third kappa shape index (κ3) is 3.58. The summed E-state index contributed by atoms with van der Waals surface area (Å²) < 4.78 is 60.9. The van der Waals surface area contributed by atoms with Gasteiger partial charge in [0, 0.05) is 26.2 Å². The van der Waals surface area contributed by atoms with Crippen molar-refractivity contribution in [3.8, 4) is 0 Å². The fraction of sp³-hybridized carbons (Fsp3) is 0.889. The van der Waals surface area contributed by atoms with Crippen molar-refractivity contribution in [2.24, 2.45) is 0 Å². The number of nitrogens with zero attached hydrogens (tertiary/aromatic N) is 2. The van der Waals surface area contributed by atoms with Gasteiger partial charge in [-0.3, -0.25) is 4.79 Å². The average Bonchev–Trinajstić information content (AvgIpc) is 2.27. The number of rotatable bonds is 3. The monoisotopic (exact) mass is 288 g/mol. The molecule has 1 fully saturated rings. The van der Waals surface area contributed by atoms with Crippen molar-refractivity contribution in [2.75, 3.05) is 31.9 Å². The van der Waals surface area contributed by atoms with Crippen LogP contribution >= 0.6 is 0 Å². The van der Waals surface area contributed by atoms with Gasteiger partial charge in [-0.05, 0) is 6.42 Å². The van der Waals surface area contributed by atoms with E-state index < -0.39 is 22.1 Å². The molecule has 0 aromatic heterocycles. The highest BCUT2D eigenvalue weighted by Crippen LogP contribution is 2.20. The molecule has 5 nitrogen and oxygen atoms in total. The van der Waals surface area contributed by atoms with Crippen LogP contribution in [0, 0.1) is 0 Å². The molecule has 18 heavy (non-hydrogen) atoms. The molecule has 0 saturated carbocycles. The summed E-state index contributed by atoms with van der Waals surface area (Å²) in [5.74, 6) is -1.93. The number of alkyl halides is 3. The van der Waals surface area contributed by atoms with Crippen LogP contribution in [0.4, 0.5) is 13.2 Å². The van der Waals surface area contributed by atoms with E-state index in [0.29, 0.717) is 11.3 Å². The van der Waals surface area contributed by atoms with Gasteiger partial charge in [-0.1, -0.05) is 6.92 Å². The molecule has 1 amide bonds. The van der Waals surface area contributed by atoms with E-state index in [1.807, 2.05) is 0 Å². The Bertz CT molecular complexity index is 400. The highest BCUT2D eigenvalue weighted by molar-refractivity contribution is 7.89. The first-order valence-electron chi connectivity index (χ1n) is 5.52. The molecule has 106 valence electrons. The minimum absolute atomic E-state index is 0.0276. The molecule has 0 aromatic rings. The number of piperazine rings is 1. The molecule has 9 heteroatoms. The summed E-state index contributed by atoms with van der Waals surface area (Å²) in [4.78, 5) is 11.6. The quantitative estimate of drug-likeness (QED) is 0.757. The first kappa shape index (κ1) is 15.2. The minimum Gasteiger partial charge on any atom is -0.332 e. The van der Waals surface area contributed by atoms with Gasteiger partial charge in [0.2, 0.25) is 10.0 Å². The van der Waals surface area contributed by atoms with E-state index in [2.05, 4.69) is 0 Å². The number of sulfonamides is 1. The molecule has 0 aromatic carbocycles. The lowest BCUT2D eigenvalue weighted by Crippen LogP contribution is -2.53. The van der Waals surface area contributed by atoms with E-state index in [-0.39, 0.29) is 31.9 Å². The summed E-state index contributed by atoms with van der Waals surface area (Å²) in [7, 11) is -3.40. The Labute approximate surface area is 104 Å². The van der Waals surface area contributed by atoms with Gasteiger partial charge >= 0.3 is 12.1 Å². The zero-order valence-electron chi connectivity index (χ0n) is 9.90. The number of amides is 1. The normalized spacial score (nSPS) is 19.0. The molecule has 1 rings (SSSR count). The van der Waals surface area contributed by atoms with E-state index in [1.165, 1.54) is 0 Å². The standard InChI is InChI=1S/C9H15F3N2O3S/c1-2-7-18(16,17)14-5-3-13(4-6-14)8(15)9(10,11)12/h2-7H2,1H3. The lowest BCUT2D eigenvalue weighted by Gasteiger charge is -2.34. The van der Waals surface area contributed by atoms with E-state index in [4.69, 9.17) is 0 Å². The van der Waals surface area contributed by atoms with Gasteiger partial charge < -0.3 is 4.90 Å². The van der Waals surface area contributed by atoms with Crippen molar-refractivity contribution in [2.45, 2.75) is 19.5 Å². The molecular formula is C9H15F3N2O3S. The molecule has 1 aliphatic heterocycles. The SMILES string of the molecule is CCCS(=O)(=O)N1CCN(C(=O)C(F)(F)F)CC1. The summed E-state index contributed by atoms with van der Waals surface area (Å²) in [6.07, 6.45) is -4.45. The summed E-state index contributed by atoms with van der Waals surface area (Å²) in [5.41, 5.74) is 0. The Hall–Kier alpha value is -0.830. The van der Waals surface area contributed by atoms with E-state index in [9.17, 15) is 26.4 Å². The van der Waals surface area contributed by atoms with Crippen LogP contribution in [0.15, 0.2) is 0 Å². The summed E-state index contributed by atoms with van der Waals surface area (Å²) >= 11 is 0. The third-order valence-corrected chi connectivity index (χ3v) is 4.70. The zero-order valence-corrected chi connectivity index (χ0v) is 10.7. The van der Waals surface area contributed by atoms with Crippen LogP contribution in [-0.2, 0) is 14.8 Å². The molecule has 1 saturated heterocycles. The van der Waals surface area contributed by atoms with Crippen LogP contribution in [0.2, 0.25) is 0 Å². The van der Waals surface area contributed by atoms with Crippen molar-refractivity contribution < 1.29 is 26.4 Å². The molecule has 0 atom stereocenters. The largest absolute Gasteiger partial charge is 0.471 e. The predicted octanol–water partition coefficient (Wildman–Crippen LogP) is 0.433. The Balaban J connectivity index is 2.59. The van der Waals surface area contributed by atoms with Crippen molar-refractivity contribution in [1.82, 2.24) is 9.21 Å². The number of hydrogen-bond donors (Lipinski definition) is 0. The van der Waals surface area contributed by atoms with Crippen LogP contribution < -0.4 is 0 Å². The molecule has 1 heterocycles. The van der Waals surface area contributed by atoms with Gasteiger partial charge in [0.25, 0.3) is 0 Å². The first-order chi connectivity index (χ1) is 8.18. The van der Waals surface area contributed by atoms with Gasteiger partial charge in [0.05, 0.1) is 5.75 Å². The van der Waals surface area contributed by atoms with Crippen LogP contribution in [0.1, 0.15) is 13.3 Å². The van der Waals surface area contributed by atoms with Crippen LogP contribution in [0.25, 0.3) is 0 Å². The molecule has 0 unspecified atom stereocenters. The van der Waals surface area contributed by atoms with Crippen LogP contribution in [0.3, 0.4) is 0 Å². The van der Waals surface area contributed by atoms with Gasteiger partial charge in [0.15, 0.2) is 0 Å². The fourth-order valence-corrected chi connectivity index (χ4v) is 3.23. The minimum atomic E-state index is -4.90. The molecule has 0 N–H and O–H groups in total. The lowest BCUT2D eigenvalue weighted by molar-refractivity contribution is -0.186. The van der Waals surface area contributed by atoms with Crippen molar-refractivity contribution in [3.63, 3.8) is 0 Å². The average molecular weight is 288 g/mol. The molecule has 0 spiro atoms. The van der Waals surface area contributed by atoms with Crippen molar-refractivity contribution in [3.05, 3.63) is 0 Å². The summed E-state index contributed by atoms with van der Waals surface area (Å²) in [6.45, 7) is 1.11. The maximum absolute atomic E-state index is 12.2. The Morgan fingerprint density at radius 1 is 1.17 bits per heavy atom. The summed E-state index contributed by atoms with van der Waals surface area (Å²) in [5, 5.41) is 0. The maximum atomic E-state index is 12.2. The summed E-state index contributed by atoms with van der Waals surface area (Å²) in [6, 6.07) is 0. The number of carbonyl (C=O) groups is 1. The van der Waals surface area contributed by atoms with Crippen molar-refractivity contribution >= 4 is 15.9 Å². The first-order valence-corrected chi connectivity index (χ1v) is 7.13.